The molecule has 4 aromatic rings. The molecule has 0 radical (unpaired) electrons. The van der Waals surface area contributed by atoms with Crippen molar-refractivity contribution in [2.24, 2.45) is 10.8 Å². The number of fused-ring (bicyclic) bond motifs is 2. The van der Waals surface area contributed by atoms with Crippen molar-refractivity contribution in [1.82, 2.24) is 35.7 Å². The molecule has 2 aliphatic rings. The first-order chi connectivity index (χ1) is 31.0. The lowest BCUT2D eigenvalue weighted by atomic mass is 9.85. The van der Waals surface area contributed by atoms with E-state index < -0.39 is 77.8 Å². The molecule has 2 aromatic carbocycles. The number of carbonyl (C=O) groups is 5. The van der Waals surface area contributed by atoms with Crippen LogP contribution in [0.25, 0.3) is 22.3 Å². The van der Waals surface area contributed by atoms with Gasteiger partial charge in [0.2, 0.25) is 18.2 Å². The van der Waals surface area contributed by atoms with Crippen LogP contribution in [-0.2, 0) is 20.8 Å². The van der Waals surface area contributed by atoms with Crippen molar-refractivity contribution in [3.05, 3.63) is 65.0 Å². The normalized spacial score (nSPS) is 17.9. The summed E-state index contributed by atoms with van der Waals surface area (Å²) >= 11 is 1.41. The molecule has 356 valence electrons. The van der Waals surface area contributed by atoms with Gasteiger partial charge >= 0.3 is 12.0 Å². The van der Waals surface area contributed by atoms with E-state index in [1.54, 1.807) is 56.0 Å². The molecule has 66 heavy (non-hydrogen) atoms. The minimum absolute atomic E-state index is 0.134. The van der Waals surface area contributed by atoms with E-state index in [9.17, 15) is 37.9 Å². The molecular formula is C47H60F2N8O8S. The van der Waals surface area contributed by atoms with Crippen molar-refractivity contribution in [3.8, 4) is 22.9 Å². The molecule has 4 heterocycles. The summed E-state index contributed by atoms with van der Waals surface area (Å²) in [5, 5.41) is 24.2. The maximum absolute atomic E-state index is 14.9. The number of carbonyl (C=O) groups excluding carboxylic acids is 4. The molecule has 0 saturated carbocycles. The first-order valence-corrected chi connectivity index (χ1v) is 22.8. The third kappa shape index (κ3) is 11.8. The summed E-state index contributed by atoms with van der Waals surface area (Å²) < 4.78 is 39.2. The van der Waals surface area contributed by atoms with E-state index in [1.807, 2.05) is 58.2 Å². The molecule has 5 N–H and O–H groups in total. The third-order valence-corrected chi connectivity index (χ3v) is 12.4. The number of carboxylic acids is 1. The van der Waals surface area contributed by atoms with Crippen molar-refractivity contribution >= 4 is 57.1 Å². The number of pyridine rings is 1. The number of thiazole rings is 1. The summed E-state index contributed by atoms with van der Waals surface area (Å²) in [5.41, 5.74) is 1.63. The van der Waals surface area contributed by atoms with Crippen LogP contribution in [0.15, 0.2) is 53.9 Å². The molecule has 0 bridgehead atoms. The van der Waals surface area contributed by atoms with Gasteiger partial charge < -0.3 is 45.6 Å². The number of hydrogen-bond acceptors (Lipinski definition) is 11. The van der Waals surface area contributed by atoms with Crippen LogP contribution in [0.1, 0.15) is 84.2 Å². The predicted molar refractivity (Wildman–Crippen MR) is 247 cm³/mol. The molecule has 1 saturated heterocycles. The minimum atomic E-state index is -3.04. The number of rotatable bonds is 16. The van der Waals surface area contributed by atoms with Crippen LogP contribution in [0.3, 0.4) is 0 Å². The molecule has 5 atom stereocenters. The van der Waals surface area contributed by atoms with Crippen LogP contribution in [0.4, 0.5) is 18.7 Å². The van der Waals surface area contributed by atoms with Gasteiger partial charge in [0.05, 0.1) is 30.9 Å². The Bertz CT molecular complexity index is 2440. The maximum atomic E-state index is 14.9. The van der Waals surface area contributed by atoms with Crippen molar-refractivity contribution in [2.45, 2.75) is 117 Å². The van der Waals surface area contributed by atoms with E-state index in [1.165, 1.54) is 23.3 Å². The Hall–Kier alpha value is -6.11. The van der Waals surface area contributed by atoms with Gasteiger partial charge in [0.15, 0.2) is 5.13 Å². The van der Waals surface area contributed by atoms with E-state index in [2.05, 4.69) is 21.3 Å². The number of likely N-dealkylation sites (tertiary alicyclic amines) is 1. The number of carboxylic acid groups (broad SMARTS) is 1. The largest absolute Gasteiger partial charge is 0.497 e. The Kier molecular flexibility index (Phi) is 15.1. The van der Waals surface area contributed by atoms with Crippen LogP contribution >= 0.6 is 11.3 Å². The van der Waals surface area contributed by atoms with Gasteiger partial charge in [-0.25, -0.2) is 28.3 Å². The highest BCUT2D eigenvalue weighted by atomic mass is 32.1. The summed E-state index contributed by atoms with van der Waals surface area (Å²) in [5.74, 6) is -2.58. The Morgan fingerprint density at radius 2 is 1.68 bits per heavy atom. The zero-order chi connectivity index (χ0) is 48.2. The summed E-state index contributed by atoms with van der Waals surface area (Å²) in [4.78, 5) is 81.1. The van der Waals surface area contributed by atoms with E-state index in [-0.39, 0.29) is 31.5 Å². The number of ether oxygens (including phenoxy) is 2. The van der Waals surface area contributed by atoms with Crippen molar-refractivity contribution in [2.75, 3.05) is 32.1 Å². The second-order valence-corrected chi connectivity index (χ2v) is 20.1. The van der Waals surface area contributed by atoms with E-state index in [4.69, 9.17) is 19.4 Å². The average Bonchev–Trinajstić information content (AvgIpc) is 3.89. The maximum Gasteiger partial charge on any atom is 0.326 e. The van der Waals surface area contributed by atoms with Crippen LogP contribution in [-0.4, -0.2) is 124 Å². The Labute approximate surface area is 387 Å². The van der Waals surface area contributed by atoms with Gasteiger partial charge in [-0.3, -0.25) is 14.4 Å². The Balaban J connectivity index is 1.29. The van der Waals surface area contributed by atoms with Gasteiger partial charge in [-0.2, -0.15) is 0 Å². The summed E-state index contributed by atoms with van der Waals surface area (Å²) in [6.45, 7) is 15.5. The molecule has 0 aliphatic carbocycles. The number of nitrogens with one attached hydrogen (secondary N) is 4. The molecule has 5 amide bonds. The SMILES string of the molecule is COc1ccc2c(O[C@@H]3C[C@@H](C(=O)N[C@@H](CC(F)F)C(=O)O)N(C(=O)[C@@H](NC(=O)NC(CN4CCc5ccccc5C4=O)C(C)(C)C)C(C)(C)C)C3)cc(-c3csc(NC(C)C)n3)nc2c1. The highest BCUT2D eigenvalue weighted by Crippen LogP contribution is 2.36. The lowest BCUT2D eigenvalue weighted by Gasteiger charge is -2.39. The fraction of sp³-hybridized carbons (Fsp3) is 0.511. The van der Waals surface area contributed by atoms with Gasteiger partial charge in [0.25, 0.3) is 5.91 Å². The van der Waals surface area contributed by atoms with Crippen molar-refractivity contribution in [1.29, 1.82) is 0 Å². The minimum Gasteiger partial charge on any atom is -0.497 e. The molecule has 0 spiro atoms. The number of nitrogens with zero attached hydrogens (tertiary/aromatic N) is 4. The number of aliphatic carboxylic acids is 1. The summed E-state index contributed by atoms with van der Waals surface area (Å²) in [6, 6.07) is 8.66. The zero-order valence-electron chi connectivity index (χ0n) is 38.7. The molecule has 2 aromatic heterocycles. The van der Waals surface area contributed by atoms with Crippen molar-refractivity contribution < 1.29 is 47.3 Å². The number of anilines is 1. The Morgan fingerprint density at radius 1 is 0.955 bits per heavy atom. The van der Waals surface area contributed by atoms with E-state index in [0.717, 1.165) is 5.56 Å². The number of aromatic nitrogens is 2. The predicted octanol–water partition coefficient (Wildman–Crippen LogP) is 6.59. The second kappa shape index (κ2) is 20.2. The zero-order valence-corrected chi connectivity index (χ0v) is 39.6. The number of halogens is 2. The van der Waals surface area contributed by atoms with Crippen LogP contribution in [0.2, 0.25) is 0 Å². The van der Waals surface area contributed by atoms with Gasteiger partial charge in [-0.15, -0.1) is 11.3 Å². The smallest absolute Gasteiger partial charge is 0.326 e. The van der Waals surface area contributed by atoms with Gasteiger partial charge in [0, 0.05) is 60.4 Å². The first-order valence-electron chi connectivity index (χ1n) is 22.0. The summed E-state index contributed by atoms with van der Waals surface area (Å²) in [7, 11) is 1.53. The van der Waals surface area contributed by atoms with Gasteiger partial charge in [0.1, 0.15) is 41.4 Å². The van der Waals surface area contributed by atoms with Crippen LogP contribution < -0.4 is 30.7 Å². The van der Waals surface area contributed by atoms with Crippen LogP contribution in [0.5, 0.6) is 11.5 Å². The highest BCUT2D eigenvalue weighted by Gasteiger charge is 2.47. The molecular weight excluding hydrogens is 875 g/mol. The monoisotopic (exact) mass is 934 g/mol. The fourth-order valence-electron chi connectivity index (χ4n) is 8.01. The number of methoxy groups -OCH3 is 1. The molecule has 2 aliphatic heterocycles. The van der Waals surface area contributed by atoms with E-state index >= 15 is 0 Å². The lowest BCUT2D eigenvalue weighted by Crippen LogP contribution is -2.62. The number of urea groups is 1. The molecule has 19 heteroatoms. The van der Waals surface area contributed by atoms with Gasteiger partial charge in [-0.1, -0.05) is 59.7 Å². The fourth-order valence-corrected chi connectivity index (χ4v) is 8.86. The molecule has 1 unspecified atom stereocenters. The lowest BCUT2D eigenvalue weighted by molar-refractivity contribution is -0.145. The van der Waals surface area contributed by atoms with Gasteiger partial charge in [-0.05, 0) is 54.9 Å². The molecule has 6 rings (SSSR count). The molecule has 16 nitrogen and oxygen atoms in total. The third-order valence-electron chi connectivity index (χ3n) is 11.7. The number of benzene rings is 2. The average molecular weight is 935 g/mol. The Morgan fingerprint density at radius 3 is 2.33 bits per heavy atom. The quantitative estimate of drug-likeness (QED) is 0.0811. The molecule has 1 fully saturated rings. The number of hydrogen-bond donors (Lipinski definition) is 5. The number of alkyl halides is 2. The second-order valence-electron chi connectivity index (χ2n) is 19.2. The first kappa shape index (κ1) is 49.3. The van der Waals surface area contributed by atoms with Crippen LogP contribution in [0, 0.1) is 10.8 Å². The topological polar surface area (TPSA) is 204 Å². The van der Waals surface area contributed by atoms with Crippen molar-refractivity contribution in [3.63, 3.8) is 0 Å². The standard InChI is InChI=1S/C47H60F2N8O8S/c1-25(2)50-45-53-34(24-66-45)32-20-36(30-15-14-27(64-9)18-31(30)51-32)65-28-19-35(40(58)52-33(43(61)62)21-38(48)49)57(22-28)42(60)39(47(6,7)8)55-44(63)54-37(46(3,4)5)23-56-17-16-26-12-10-11-13-29(26)41(56)59/h10-15,18,20,24-25,28,33,35,37-39H,16-17,19,21-23H2,1-9H3,(H,50,53)(H,52,58)(H,61,62)(H2,54,55,63)/t28-,33+,35+,37?,39-/m1/s1. The van der Waals surface area contributed by atoms with E-state index in [0.29, 0.717) is 57.5 Å². The highest BCUT2D eigenvalue weighted by molar-refractivity contribution is 7.14. The summed E-state index contributed by atoms with van der Waals surface area (Å²) in [6.07, 6.45) is -4.58. The number of amides is 5.